The smallest absolute Gasteiger partial charge is 0.273 e. The van der Waals surface area contributed by atoms with Gasteiger partial charge in [-0.1, -0.05) is 18.2 Å². The summed E-state index contributed by atoms with van der Waals surface area (Å²) in [6.07, 6.45) is 0. The van der Waals surface area contributed by atoms with Gasteiger partial charge in [-0.3, -0.25) is 14.9 Å². The van der Waals surface area contributed by atoms with Crippen LogP contribution in [0.1, 0.15) is 16.1 Å². The summed E-state index contributed by atoms with van der Waals surface area (Å²) in [5.41, 5.74) is 2.05. The largest absolute Gasteiger partial charge is 0.493 e. The maximum Gasteiger partial charge on any atom is 0.273 e. The van der Waals surface area contributed by atoms with Crippen molar-refractivity contribution >= 4 is 22.4 Å². The van der Waals surface area contributed by atoms with Crippen molar-refractivity contribution in [3.63, 3.8) is 0 Å². The number of rotatable bonds is 6. The number of hydrogen-bond acceptors (Lipinski definition) is 5. The number of fused-ring (bicyclic) bond motifs is 1. The molecule has 3 aromatic rings. The number of methoxy groups -OCH3 is 1. The van der Waals surface area contributed by atoms with Gasteiger partial charge in [-0.2, -0.15) is 0 Å². The molecule has 0 saturated carbocycles. The number of non-ortho nitro benzene ring substituents is 1. The quantitative estimate of drug-likeness (QED) is 0.420. The molecule has 0 fully saturated rings. The Balaban J connectivity index is 1.86. The van der Waals surface area contributed by atoms with Gasteiger partial charge in [-0.15, -0.1) is 0 Å². The Kier molecular flexibility index (Phi) is 4.38. The van der Waals surface area contributed by atoms with Crippen LogP contribution in [0.25, 0.3) is 10.9 Å². The van der Waals surface area contributed by atoms with E-state index < -0.39 is 4.92 Å². The molecule has 7 nitrogen and oxygen atoms in total. The van der Waals surface area contributed by atoms with Crippen molar-refractivity contribution in [1.29, 1.82) is 0 Å². The van der Waals surface area contributed by atoms with Gasteiger partial charge in [0.25, 0.3) is 5.69 Å². The standard InChI is InChI=1S/C18H16N2O5/c1-11-18(13-5-3-4-6-14(13)19-11)15(21)10-25-17-9-12(20(22)23)7-8-16(17)24-2/h3-9,19H,10H2,1-2H3. The van der Waals surface area contributed by atoms with Crippen LogP contribution in [-0.2, 0) is 0 Å². The molecule has 0 atom stereocenters. The summed E-state index contributed by atoms with van der Waals surface area (Å²) in [6.45, 7) is 1.57. The zero-order valence-electron chi connectivity index (χ0n) is 13.7. The van der Waals surface area contributed by atoms with Crippen LogP contribution in [0, 0.1) is 17.0 Å². The Labute approximate surface area is 143 Å². The number of nitro groups is 1. The van der Waals surface area contributed by atoms with Gasteiger partial charge in [0.15, 0.2) is 18.1 Å². The number of nitrogens with one attached hydrogen (secondary N) is 1. The first kappa shape index (κ1) is 16.5. The van der Waals surface area contributed by atoms with Crippen molar-refractivity contribution in [2.75, 3.05) is 13.7 Å². The number of nitro benzene ring substituents is 1. The van der Waals surface area contributed by atoms with Crippen molar-refractivity contribution < 1.29 is 19.2 Å². The molecule has 0 radical (unpaired) electrons. The maximum absolute atomic E-state index is 12.6. The highest BCUT2D eigenvalue weighted by Gasteiger charge is 2.18. The second-order valence-corrected chi connectivity index (χ2v) is 5.47. The van der Waals surface area contributed by atoms with E-state index in [0.717, 1.165) is 16.6 Å². The van der Waals surface area contributed by atoms with Crippen molar-refractivity contribution in [1.82, 2.24) is 4.98 Å². The van der Waals surface area contributed by atoms with Crippen molar-refractivity contribution in [2.45, 2.75) is 6.92 Å². The molecular formula is C18H16N2O5. The summed E-state index contributed by atoms with van der Waals surface area (Å²) in [4.78, 5) is 26.2. The van der Waals surface area contributed by atoms with Crippen LogP contribution in [0.5, 0.6) is 11.5 Å². The summed E-state index contributed by atoms with van der Waals surface area (Å²) in [5, 5.41) is 11.7. The van der Waals surface area contributed by atoms with E-state index in [0.29, 0.717) is 11.3 Å². The molecule has 25 heavy (non-hydrogen) atoms. The molecule has 0 amide bonds. The van der Waals surface area contributed by atoms with Crippen LogP contribution >= 0.6 is 0 Å². The van der Waals surface area contributed by atoms with Crippen LogP contribution in [0.4, 0.5) is 5.69 Å². The predicted molar refractivity (Wildman–Crippen MR) is 92.5 cm³/mol. The average Bonchev–Trinajstić information content (AvgIpc) is 2.95. The minimum Gasteiger partial charge on any atom is -0.493 e. The number of ether oxygens (including phenoxy) is 2. The molecule has 0 spiro atoms. The number of aryl methyl sites for hydroxylation is 1. The van der Waals surface area contributed by atoms with Crippen LogP contribution in [-0.4, -0.2) is 29.4 Å². The topological polar surface area (TPSA) is 94.5 Å². The summed E-state index contributed by atoms with van der Waals surface area (Å²) in [6, 6.07) is 11.5. The molecule has 1 aromatic heterocycles. The minimum absolute atomic E-state index is 0.133. The number of carbonyl (C=O) groups is 1. The fourth-order valence-corrected chi connectivity index (χ4v) is 2.74. The molecule has 0 aliphatic heterocycles. The van der Waals surface area contributed by atoms with Gasteiger partial charge in [-0.25, -0.2) is 0 Å². The zero-order chi connectivity index (χ0) is 18.0. The lowest BCUT2D eigenvalue weighted by Crippen LogP contribution is -2.13. The first-order chi connectivity index (χ1) is 12.0. The van der Waals surface area contributed by atoms with E-state index in [-0.39, 0.29) is 23.8 Å². The molecule has 0 aliphatic carbocycles. The molecule has 0 saturated heterocycles. The van der Waals surface area contributed by atoms with E-state index >= 15 is 0 Å². The Morgan fingerprint density at radius 1 is 1.20 bits per heavy atom. The van der Waals surface area contributed by atoms with Crippen molar-refractivity contribution in [3.05, 3.63) is 63.8 Å². The number of nitrogens with zero attached hydrogens (tertiary/aromatic N) is 1. The van der Waals surface area contributed by atoms with E-state index in [1.807, 2.05) is 31.2 Å². The molecule has 0 bridgehead atoms. The van der Waals surface area contributed by atoms with Crippen LogP contribution < -0.4 is 9.47 Å². The highest BCUT2D eigenvalue weighted by molar-refractivity contribution is 6.09. The summed E-state index contributed by atoms with van der Waals surface area (Å²) >= 11 is 0. The first-order valence-electron chi connectivity index (χ1n) is 7.57. The Morgan fingerprint density at radius 3 is 2.68 bits per heavy atom. The van der Waals surface area contributed by atoms with Crippen molar-refractivity contribution in [3.8, 4) is 11.5 Å². The summed E-state index contributed by atoms with van der Waals surface area (Å²) in [5.74, 6) is 0.264. The monoisotopic (exact) mass is 340 g/mol. The second-order valence-electron chi connectivity index (χ2n) is 5.47. The normalized spacial score (nSPS) is 10.6. The molecule has 128 valence electrons. The number of aromatic amines is 1. The number of aromatic nitrogens is 1. The highest BCUT2D eigenvalue weighted by atomic mass is 16.6. The third-order valence-corrected chi connectivity index (χ3v) is 3.89. The number of hydrogen-bond donors (Lipinski definition) is 1. The lowest BCUT2D eigenvalue weighted by Gasteiger charge is -2.10. The molecule has 0 unspecified atom stereocenters. The predicted octanol–water partition coefficient (Wildman–Crippen LogP) is 3.65. The number of H-pyrrole nitrogens is 1. The van der Waals surface area contributed by atoms with Gasteiger partial charge in [-0.05, 0) is 19.1 Å². The maximum atomic E-state index is 12.6. The number of Topliss-reactive ketones (excluding diaryl/α,β-unsaturated/α-hetero) is 1. The van der Waals surface area contributed by atoms with E-state index in [9.17, 15) is 14.9 Å². The Morgan fingerprint density at radius 2 is 1.96 bits per heavy atom. The number of para-hydroxylation sites is 1. The lowest BCUT2D eigenvalue weighted by atomic mass is 10.1. The molecule has 2 aromatic carbocycles. The van der Waals surface area contributed by atoms with E-state index in [4.69, 9.17) is 9.47 Å². The third kappa shape index (κ3) is 3.16. The van der Waals surface area contributed by atoms with E-state index in [2.05, 4.69) is 4.98 Å². The first-order valence-corrected chi connectivity index (χ1v) is 7.57. The Hall–Kier alpha value is -3.35. The van der Waals surface area contributed by atoms with Gasteiger partial charge < -0.3 is 14.5 Å². The highest BCUT2D eigenvalue weighted by Crippen LogP contribution is 2.31. The van der Waals surface area contributed by atoms with Gasteiger partial charge >= 0.3 is 0 Å². The van der Waals surface area contributed by atoms with E-state index in [1.165, 1.54) is 25.3 Å². The fraction of sp³-hybridized carbons (Fsp3) is 0.167. The summed E-state index contributed by atoms with van der Waals surface area (Å²) < 4.78 is 10.6. The van der Waals surface area contributed by atoms with Crippen LogP contribution in [0.15, 0.2) is 42.5 Å². The number of carbonyl (C=O) groups excluding carboxylic acids is 1. The second kappa shape index (κ2) is 6.64. The summed E-state index contributed by atoms with van der Waals surface area (Å²) in [7, 11) is 1.43. The van der Waals surface area contributed by atoms with Gasteiger partial charge in [0.05, 0.1) is 18.1 Å². The van der Waals surface area contributed by atoms with Crippen LogP contribution in [0.3, 0.4) is 0 Å². The molecule has 7 heteroatoms. The van der Waals surface area contributed by atoms with E-state index in [1.54, 1.807) is 0 Å². The van der Waals surface area contributed by atoms with Crippen molar-refractivity contribution in [2.24, 2.45) is 0 Å². The SMILES string of the molecule is COc1ccc([N+](=O)[O-])cc1OCC(=O)c1c(C)[nH]c2ccccc12. The zero-order valence-corrected chi connectivity index (χ0v) is 13.7. The molecule has 3 rings (SSSR count). The fourth-order valence-electron chi connectivity index (χ4n) is 2.74. The molecule has 0 aliphatic rings. The van der Waals surface area contributed by atoms with Gasteiger partial charge in [0.2, 0.25) is 5.78 Å². The van der Waals surface area contributed by atoms with Crippen LogP contribution in [0.2, 0.25) is 0 Å². The van der Waals surface area contributed by atoms with Gasteiger partial charge in [0.1, 0.15) is 0 Å². The number of ketones is 1. The molecule has 1 N–H and O–H groups in total. The average molecular weight is 340 g/mol. The molecular weight excluding hydrogens is 324 g/mol. The molecule has 1 heterocycles. The minimum atomic E-state index is -0.530. The Bertz CT molecular complexity index is 961. The third-order valence-electron chi connectivity index (χ3n) is 3.89. The lowest BCUT2D eigenvalue weighted by molar-refractivity contribution is -0.385. The number of benzene rings is 2. The van der Waals surface area contributed by atoms with Gasteiger partial charge in [0, 0.05) is 28.2 Å².